The van der Waals surface area contributed by atoms with Crippen LogP contribution in [0.1, 0.15) is 46.2 Å². The molecule has 9 heteroatoms. The number of carbonyl (C=O) groups excluding carboxylic acids is 3. The molecular formula is C28H37N3O6. The highest BCUT2D eigenvalue weighted by atomic mass is 16.6. The van der Waals surface area contributed by atoms with Crippen molar-refractivity contribution >= 4 is 23.6 Å². The number of anilines is 1. The number of amides is 3. The number of ether oxygens (including phenoxy) is 2. The number of aromatic hydroxyl groups is 1. The van der Waals surface area contributed by atoms with Crippen LogP contribution in [0.2, 0.25) is 0 Å². The second kappa shape index (κ2) is 12.8. The van der Waals surface area contributed by atoms with Crippen LogP contribution in [0.3, 0.4) is 0 Å². The minimum Gasteiger partial charge on any atom is -0.508 e. The molecule has 2 aromatic carbocycles. The lowest BCUT2D eigenvalue weighted by Gasteiger charge is -2.35. The molecule has 0 fully saturated rings. The molecule has 0 bridgehead atoms. The normalized spacial score (nSPS) is 12.7. The Hall–Kier alpha value is -4.01. The molecule has 37 heavy (non-hydrogen) atoms. The molecule has 0 aliphatic carbocycles. The fourth-order valence-electron chi connectivity index (χ4n) is 3.64. The molecule has 2 unspecified atom stereocenters. The zero-order valence-electron chi connectivity index (χ0n) is 22.3. The molecule has 0 saturated heterocycles. The van der Waals surface area contributed by atoms with Crippen molar-refractivity contribution in [1.82, 2.24) is 10.2 Å². The fourth-order valence-corrected chi connectivity index (χ4v) is 3.64. The fraction of sp³-hybridized carbons (Fsp3) is 0.393. The molecule has 9 nitrogen and oxygen atoms in total. The van der Waals surface area contributed by atoms with Gasteiger partial charge in [-0.3, -0.25) is 9.59 Å². The van der Waals surface area contributed by atoms with E-state index in [0.717, 1.165) is 0 Å². The minimum absolute atomic E-state index is 0.00834. The first-order valence-electron chi connectivity index (χ1n) is 12.0. The number of carbonyl (C=O) groups is 3. The number of phenolic OH excluding ortho intramolecular Hbond substituents is 1. The summed E-state index contributed by atoms with van der Waals surface area (Å²) in [5, 5.41) is 15.6. The molecule has 0 aliphatic rings. The van der Waals surface area contributed by atoms with Crippen LogP contribution in [0.25, 0.3) is 0 Å². The average Bonchev–Trinajstić information content (AvgIpc) is 2.81. The molecule has 0 saturated carbocycles. The van der Waals surface area contributed by atoms with Gasteiger partial charge in [0.05, 0.1) is 7.11 Å². The first kappa shape index (κ1) is 29.2. The predicted octanol–water partition coefficient (Wildman–Crippen LogP) is 4.64. The van der Waals surface area contributed by atoms with Crippen LogP contribution < -0.4 is 15.4 Å². The molecule has 2 aromatic rings. The first-order chi connectivity index (χ1) is 17.4. The van der Waals surface area contributed by atoms with Crippen LogP contribution in [-0.2, 0) is 14.3 Å². The van der Waals surface area contributed by atoms with Crippen LogP contribution >= 0.6 is 0 Å². The van der Waals surface area contributed by atoms with E-state index in [2.05, 4.69) is 17.2 Å². The molecule has 2 rings (SSSR count). The lowest BCUT2D eigenvalue weighted by Crippen LogP contribution is -2.54. The lowest BCUT2D eigenvalue weighted by atomic mass is 9.98. The third kappa shape index (κ3) is 8.56. The third-order valence-electron chi connectivity index (χ3n) is 5.32. The van der Waals surface area contributed by atoms with Crippen LogP contribution in [0.5, 0.6) is 11.5 Å². The summed E-state index contributed by atoms with van der Waals surface area (Å²) in [4.78, 5) is 41.3. The number of nitrogens with one attached hydrogen (secondary N) is 2. The number of nitrogens with zero attached hydrogens (tertiary/aromatic N) is 1. The monoisotopic (exact) mass is 511 g/mol. The van der Waals surface area contributed by atoms with Crippen LogP contribution in [-0.4, -0.2) is 53.2 Å². The summed E-state index contributed by atoms with van der Waals surface area (Å²) in [6, 6.07) is 10.8. The Kier molecular flexibility index (Phi) is 10.1. The molecule has 0 aromatic heterocycles. The summed E-state index contributed by atoms with van der Waals surface area (Å²) in [6.07, 6.45) is 0.758. The second-order valence-corrected chi connectivity index (χ2v) is 9.86. The van der Waals surface area contributed by atoms with Gasteiger partial charge in [-0.25, -0.2) is 4.79 Å². The Morgan fingerprint density at radius 1 is 1.11 bits per heavy atom. The smallest absolute Gasteiger partial charge is 0.408 e. The van der Waals surface area contributed by atoms with Gasteiger partial charge in [-0.05, 0) is 68.7 Å². The standard InChI is InChI=1S/C28H37N3O6/c1-8-16-31(26(34)23(18(2)3)30-27(35)37-28(4,5)6)24(19-10-9-11-21(32)17-19)25(33)29-20-12-14-22(36-7)15-13-20/h8-15,17-18,23-24,32H,1,16H2,2-7H3,(H,29,33)(H,30,35). The average molecular weight is 512 g/mol. The predicted molar refractivity (Wildman–Crippen MR) is 142 cm³/mol. The number of hydrogen-bond donors (Lipinski definition) is 3. The molecule has 0 spiro atoms. The maximum Gasteiger partial charge on any atom is 0.408 e. The topological polar surface area (TPSA) is 117 Å². The van der Waals surface area contributed by atoms with E-state index in [-0.39, 0.29) is 18.2 Å². The van der Waals surface area contributed by atoms with E-state index in [1.165, 1.54) is 23.1 Å². The molecular weight excluding hydrogens is 474 g/mol. The van der Waals surface area contributed by atoms with Crippen molar-refractivity contribution in [2.75, 3.05) is 19.0 Å². The summed E-state index contributed by atoms with van der Waals surface area (Å²) >= 11 is 0. The van der Waals surface area contributed by atoms with Crippen LogP contribution in [0, 0.1) is 5.92 Å². The maximum absolute atomic E-state index is 13.9. The second-order valence-electron chi connectivity index (χ2n) is 9.86. The van der Waals surface area contributed by atoms with E-state index in [1.807, 2.05) is 0 Å². The number of methoxy groups -OCH3 is 1. The summed E-state index contributed by atoms with van der Waals surface area (Å²) in [6.45, 7) is 12.5. The van der Waals surface area contributed by atoms with Gasteiger partial charge >= 0.3 is 6.09 Å². The number of phenols is 1. The number of benzene rings is 2. The lowest BCUT2D eigenvalue weighted by molar-refractivity contribution is -0.141. The van der Waals surface area contributed by atoms with E-state index in [0.29, 0.717) is 17.0 Å². The highest BCUT2D eigenvalue weighted by Gasteiger charge is 2.37. The van der Waals surface area contributed by atoms with Crippen molar-refractivity contribution in [2.45, 2.75) is 52.3 Å². The van der Waals surface area contributed by atoms with Gasteiger partial charge in [-0.15, -0.1) is 6.58 Å². The Morgan fingerprint density at radius 3 is 2.27 bits per heavy atom. The summed E-state index contributed by atoms with van der Waals surface area (Å²) in [5.74, 6) is -0.761. The molecule has 2 atom stereocenters. The quantitative estimate of drug-likeness (QED) is 0.400. The van der Waals surface area contributed by atoms with Crippen molar-refractivity contribution in [3.05, 3.63) is 66.7 Å². The summed E-state index contributed by atoms with van der Waals surface area (Å²) in [7, 11) is 1.54. The highest BCUT2D eigenvalue weighted by molar-refractivity contribution is 5.99. The van der Waals surface area contributed by atoms with Gasteiger partial charge < -0.3 is 30.1 Å². The van der Waals surface area contributed by atoms with E-state index < -0.39 is 35.6 Å². The van der Waals surface area contributed by atoms with Crippen LogP contribution in [0.15, 0.2) is 61.2 Å². The zero-order chi connectivity index (χ0) is 27.8. The van der Waals surface area contributed by atoms with Crippen molar-refractivity contribution in [1.29, 1.82) is 0 Å². The minimum atomic E-state index is -1.14. The van der Waals surface area contributed by atoms with Crippen molar-refractivity contribution in [3.63, 3.8) is 0 Å². The molecule has 200 valence electrons. The number of alkyl carbamates (subject to hydrolysis) is 1. The Bertz CT molecular complexity index is 1090. The van der Waals surface area contributed by atoms with E-state index >= 15 is 0 Å². The Labute approximate surface area is 218 Å². The largest absolute Gasteiger partial charge is 0.508 e. The number of hydrogen-bond acceptors (Lipinski definition) is 6. The zero-order valence-corrected chi connectivity index (χ0v) is 22.3. The van der Waals surface area contributed by atoms with Gasteiger partial charge in [0.2, 0.25) is 5.91 Å². The van der Waals surface area contributed by atoms with Gasteiger partial charge in [-0.1, -0.05) is 32.1 Å². The van der Waals surface area contributed by atoms with E-state index in [1.54, 1.807) is 78.1 Å². The van der Waals surface area contributed by atoms with E-state index in [9.17, 15) is 19.5 Å². The first-order valence-corrected chi connectivity index (χ1v) is 12.0. The van der Waals surface area contributed by atoms with Gasteiger partial charge in [0.1, 0.15) is 29.2 Å². The molecule has 3 N–H and O–H groups in total. The third-order valence-corrected chi connectivity index (χ3v) is 5.32. The molecule has 0 radical (unpaired) electrons. The molecule has 0 aliphatic heterocycles. The van der Waals surface area contributed by atoms with Gasteiger partial charge in [0.25, 0.3) is 5.91 Å². The molecule has 0 heterocycles. The van der Waals surface area contributed by atoms with Gasteiger partial charge in [-0.2, -0.15) is 0 Å². The number of rotatable bonds is 10. The maximum atomic E-state index is 13.9. The van der Waals surface area contributed by atoms with E-state index in [4.69, 9.17) is 9.47 Å². The van der Waals surface area contributed by atoms with Gasteiger partial charge in [0, 0.05) is 12.2 Å². The molecule has 3 amide bonds. The summed E-state index contributed by atoms with van der Waals surface area (Å²) < 4.78 is 10.5. The van der Waals surface area contributed by atoms with Crippen molar-refractivity contribution in [2.24, 2.45) is 5.92 Å². The SMILES string of the molecule is C=CCN(C(=O)C(NC(=O)OC(C)(C)C)C(C)C)C(C(=O)Nc1ccc(OC)cc1)c1cccc(O)c1. The van der Waals surface area contributed by atoms with Gasteiger partial charge in [0.15, 0.2) is 0 Å². The van der Waals surface area contributed by atoms with Crippen LogP contribution in [0.4, 0.5) is 10.5 Å². The Balaban J connectivity index is 2.47. The van der Waals surface area contributed by atoms with Crippen molar-refractivity contribution in [3.8, 4) is 11.5 Å². The highest BCUT2D eigenvalue weighted by Crippen LogP contribution is 2.28. The van der Waals surface area contributed by atoms with Crippen molar-refractivity contribution < 1.29 is 29.0 Å². The summed E-state index contributed by atoms with van der Waals surface area (Å²) in [5.41, 5.74) is 0.132. The Morgan fingerprint density at radius 2 is 1.76 bits per heavy atom.